The van der Waals surface area contributed by atoms with Gasteiger partial charge in [-0.25, -0.2) is 9.97 Å². The summed E-state index contributed by atoms with van der Waals surface area (Å²) in [5.41, 5.74) is 11.1. The van der Waals surface area contributed by atoms with Gasteiger partial charge in [-0.15, -0.1) is 0 Å². The van der Waals surface area contributed by atoms with Crippen LogP contribution in [-0.2, 0) is 4.79 Å². The maximum Gasteiger partial charge on any atom is 0.308 e. The summed E-state index contributed by atoms with van der Waals surface area (Å²) in [6.07, 6.45) is 1.52. The highest BCUT2D eigenvalue weighted by atomic mass is 19.1. The second-order valence-electron chi connectivity index (χ2n) is 4.24. The van der Waals surface area contributed by atoms with E-state index >= 15 is 0 Å². The molecule has 1 fully saturated rings. The van der Waals surface area contributed by atoms with Crippen molar-refractivity contribution in [1.29, 1.82) is 0 Å². The molecule has 2 rings (SSSR count). The first-order chi connectivity index (χ1) is 8.50. The van der Waals surface area contributed by atoms with Crippen LogP contribution in [0.5, 0.6) is 0 Å². The van der Waals surface area contributed by atoms with Crippen LogP contribution in [0.4, 0.5) is 16.0 Å². The Kier molecular flexibility index (Phi) is 3.28. The van der Waals surface area contributed by atoms with Crippen LogP contribution in [0.2, 0.25) is 0 Å². The van der Waals surface area contributed by atoms with E-state index in [-0.39, 0.29) is 18.2 Å². The molecule has 7 nitrogen and oxygen atoms in total. The number of carboxylic acids is 1. The highest BCUT2D eigenvalue weighted by Gasteiger charge is 2.33. The molecule has 1 aliphatic heterocycles. The maximum atomic E-state index is 13.7. The summed E-state index contributed by atoms with van der Waals surface area (Å²) in [5.74, 6) is -2.39. The monoisotopic (exact) mass is 255 g/mol. The molecule has 5 N–H and O–H groups in total. The van der Waals surface area contributed by atoms with E-state index < -0.39 is 23.7 Å². The Labute approximate surface area is 103 Å². The van der Waals surface area contributed by atoms with Crippen molar-refractivity contribution in [2.24, 2.45) is 11.7 Å². The van der Waals surface area contributed by atoms with Gasteiger partial charge in [0.15, 0.2) is 11.6 Å². The van der Waals surface area contributed by atoms with Crippen molar-refractivity contribution >= 4 is 17.6 Å². The molecule has 0 aromatic carbocycles. The van der Waals surface area contributed by atoms with Gasteiger partial charge in [-0.3, -0.25) is 4.79 Å². The molecule has 18 heavy (non-hydrogen) atoms. The predicted octanol–water partition coefficient (Wildman–Crippen LogP) is -0.564. The number of aliphatic carboxylic acids is 1. The van der Waals surface area contributed by atoms with Crippen molar-refractivity contribution in [2.45, 2.75) is 12.5 Å². The second kappa shape index (κ2) is 4.73. The summed E-state index contributed by atoms with van der Waals surface area (Å²) in [5, 5.41) is 8.95. The van der Waals surface area contributed by atoms with Crippen molar-refractivity contribution in [3.8, 4) is 0 Å². The number of hydrogen-bond acceptors (Lipinski definition) is 6. The fraction of sp³-hybridized carbons (Fsp3) is 0.500. The molecule has 0 spiro atoms. The van der Waals surface area contributed by atoms with Crippen molar-refractivity contribution in [1.82, 2.24) is 9.97 Å². The molecule has 8 heteroatoms. The Hall–Kier alpha value is -1.96. The zero-order valence-electron chi connectivity index (χ0n) is 9.58. The number of rotatable bonds is 2. The van der Waals surface area contributed by atoms with Crippen LogP contribution in [-0.4, -0.2) is 40.2 Å². The third kappa shape index (κ3) is 2.19. The van der Waals surface area contributed by atoms with Crippen molar-refractivity contribution in [2.75, 3.05) is 23.7 Å². The predicted molar refractivity (Wildman–Crippen MR) is 62.3 cm³/mol. The number of carboxylic acid groups (broad SMARTS) is 1. The molecule has 0 aliphatic carbocycles. The van der Waals surface area contributed by atoms with Gasteiger partial charge in [-0.2, -0.15) is 4.39 Å². The summed E-state index contributed by atoms with van der Waals surface area (Å²) >= 11 is 0. The van der Waals surface area contributed by atoms with Gasteiger partial charge in [0.05, 0.1) is 5.92 Å². The van der Waals surface area contributed by atoms with Crippen LogP contribution in [0.25, 0.3) is 0 Å². The third-order valence-electron chi connectivity index (χ3n) is 3.07. The molecule has 1 aromatic heterocycles. The van der Waals surface area contributed by atoms with Crippen molar-refractivity contribution < 1.29 is 14.3 Å². The van der Waals surface area contributed by atoms with Gasteiger partial charge in [-0.1, -0.05) is 0 Å². The number of nitrogens with two attached hydrogens (primary N) is 2. The lowest BCUT2D eigenvalue weighted by Gasteiger charge is -2.35. The Morgan fingerprint density at radius 3 is 2.89 bits per heavy atom. The number of halogens is 1. The maximum absolute atomic E-state index is 13.7. The topological polar surface area (TPSA) is 118 Å². The number of carbonyl (C=O) groups is 1. The van der Waals surface area contributed by atoms with Crippen LogP contribution < -0.4 is 16.4 Å². The SMILES string of the molecule is Nc1ncnc(N2CCC(C(=O)O)C(N)C2)c1F. The second-order valence-corrected chi connectivity index (χ2v) is 4.24. The van der Waals surface area contributed by atoms with Crippen molar-refractivity contribution in [3.05, 3.63) is 12.1 Å². The molecule has 98 valence electrons. The zero-order valence-corrected chi connectivity index (χ0v) is 9.58. The van der Waals surface area contributed by atoms with Gasteiger partial charge in [-0.05, 0) is 6.42 Å². The molecule has 0 radical (unpaired) electrons. The number of nitrogens with zero attached hydrogens (tertiary/aromatic N) is 3. The van der Waals surface area contributed by atoms with E-state index in [1.54, 1.807) is 4.90 Å². The molecule has 0 amide bonds. The van der Waals surface area contributed by atoms with Gasteiger partial charge in [0.1, 0.15) is 6.33 Å². The highest BCUT2D eigenvalue weighted by Crippen LogP contribution is 2.24. The van der Waals surface area contributed by atoms with Crippen LogP contribution >= 0.6 is 0 Å². The van der Waals surface area contributed by atoms with Gasteiger partial charge in [0.25, 0.3) is 0 Å². The van der Waals surface area contributed by atoms with Crippen LogP contribution in [0.3, 0.4) is 0 Å². The van der Waals surface area contributed by atoms with E-state index in [0.29, 0.717) is 13.0 Å². The fourth-order valence-electron chi connectivity index (χ4n) is 2.08. The molecule has 1 aliphatic rings. The standard InChI is InChI=1S/C10H14FN5O2/c11-7-8(13)14-4-15-9(7)16-2-1-5(10(17)18)6(12)3-16/h4-6H,1-3,12H2,(H,17,18)(H2,13,14,15). The van der Waals surface area contributed by atoms with Crippen LogP contribution in [0.1, 0.15) is 6.42 Å². The Morgan fingerprint density at radius 1 is 1.56 bits per heavy atom. The third-order valence-corrected chi connectivity index (χ3v) is 3.07. The largest absolute Gasteiger partial charge is 0.481 e. The van der Waals surface area contributed by atoms with Crippen LogP contribution in [0.15, 0.2) is 6.33 Å². The van der Waals surface area contributed by atoms with Gasteiger partial charge in [0.2, 0.25) is 5.82 Å². The summed E-state index contributed by atoms with van der Waals surface area (Å²) in [6, 6.07) is -0.563. The number of nitrogen functional groups attached to an aromatic ring is 1. The Balaban J connectivity index is 2.17. The fourth-order valence-corrected chi connectivity index (χ4v) is 2.08. The lowest BCUT2D eigenvalue weighted by molar-refractivity contribution is -0.142. The first-order valence-electron chi connectivity index (χ1n) is 5.50. The molecule has 2 heterocycles. The molecule has 2 unspecified atom stereocenters. The van der Waals surface area contributed by atoms with E-state index in [0.717, 1.165) is 0 Å². The molecule has 1 aromatic rings. The minimum absolute atomic E-state index is 0.0711. The van der Waals surface area contributed by atoms with E-state index in [1.165, 1.54) is 6.33 Å². The van der Waals surface area contributed by atoms with E-state index in [4.69, 9.17) is 16.6 Å². The van der Waals surface area contributed by atoms with Gasteiger partial charge in [0, 0.05) is 19.1 Å². The highest BCUT2D eigenvalue weighted by molar-refractivity contribution is 5.71. The molecule has 2 atom stereocenters. The lowest BCUT2D eigenvalue weighted by Crippen LogP contribution is -2.51. The number of piperidine rings is 1. The Bertz CT molecular complexity index is 470. The first kappa shape index (κ1) is 12.5. The first-order valence-corrected chi connectivity index (χ1v) is 5.50. The van der Waals surface area contributed by atoms with E-state index in [1.807, 2.05) is 0 Å². The normalized spacial score (nSPS) is 24.0. The lowest BCUT2D eigenvalue weighted by atomic mass is 9.92. The summed E-state index contributed by atoms with van der Waals surface area (Å²) in [4.78, 5) is 19.9. The molecule has 0 saturated carbocycles. The summed E-state index contributed by atoms with van der Waals surface area (Å²) < 4.78 is 13.7. The summed E-state index contributed by atoms with van der Waals surface area (Å²) in [6.45, 7) is 0.600. The van der Waals surface area contributed by atoms with E-state index in [9.17, 15) is 9.18 Å². The van der Waals surface area contributed by atoms with Crippen molar-refractivity contribution in [3.63, 3.8) is 0 Å². The van der Waals surface area contributed by atoms with Crippen LogP contribution in [0, 0.1) is 11.7 Å². The van der Waals surface area contributed by atoms with E-state index in [2.05, 4.69) is 9.97 Å². The zero-order chi connectivity index (χ0) is 13.3. The minimum atomic E-state index is -0.926. The average Bonchev–Trinajstić information content (AvgIpc) is 2.32. The molecule has 1 saturated heterocycles. The summed E-state index contributed by atoms with van der Waals surface area (Å²) in [7, 11) is 0. The quantitative estimate of drug-likeness (QED) is 0.647. The molecular formula is C10H14FN5O2. The van der Waals surface area contributed by atoms with Gasteiger partial charge < -0.3 is 21.5 Å². The average molecular weight is 255 g/mol. The number of anilines is 2. The number of hydrogen-bond donors (Lipinski definition) is 3. The Morgan fingerprint density at radius 2 is 2.28 bits per heavy atom. The molecular weight excluding hydrogens is 241 g/mol. The van der Waals surface area contributed by atoms with Gasteiger partial charge >= 0.3 is 5.97 Å². The molecule has 0 bridgehead atoms. The minimum Gasteiger partial charge on any atom is -0.481 e. The number of aromatic nitrogens is 2. The smallest absolute Gasteiger partial charge is 0.308 e.